The van der Waals surface area contributed by atoms with Gasteiger partial charge in [0.15, 0.2) is 0 Å². The van der Waals surface area contributed by atoms with Crippen LogP contribution in [0.2, 0.25) is 0 Å². The zero-order valence-electron chi connectivity index (χ0n) is 21.0. The number of carbonyl (C=O) groups excluding carboxylic acids is 2. The minimum atomic E-state index is -0.403. The summed E-state index contributed by atoms with van der Waals surface area (Å²) < 4.78 is 10.7. The Morgan fingerprint density at radius 3 is 2.21 bits per heavy atom. The van der Waals surface area contributed by atoms with Crippen molar-refractivity contribution in [2.24, 2.45) is 17.3 Å². The first-order chi connectivity index (χ1) is 15.6. The topological polar surface area (TPSA) is 55.8 Å². The molecule has 0 bridgehead atoms. The molecule has 182 valence electrons. The maximum atomic E-state index is 14.0. The second-order valence-corrected chi connectivity index (χ2v) is 11.7. The summed E-state index contributed by atoms with van der Waals surface area (Å²) in [6.07, 6.45) is 7.80. The van der Waals surface area contributed by atoms with Crippen LogP contribution in [0.15, 0.2) is 6.07 Å². The lowest BCUT2D eigenvalue weighted by Gasteiger charge is -2.39. The van der Waals surface area contributed by atoms with Crippen LogP contribution in [0.25, 0.3) is 0 Å². The number of rotatable bonds is 5. The molecule has 6 heteroatoms. The molecule has 1 aromatic rings. The summed E-state index contributed by atoms with van der Waals surface area (Å²) in [6.45, 7) is 8.44. The smallest absolute Gasteiger partial charge is 0.350 e. The highest BCUT2D eigenvalue weighted by molar-refractivity contribution is 7.15. The van der Waals surface area contributed by atoms with Crippen molar-refractivity contribution in [1.82, 2.24) is 0 Å². The number of thiophene rings is 1. The summed E-state index contributed by atoms with van der Waals surface area (Å²) in [5, 5.41) is 0. The molecule has 33 heavy (non-hydrogen) atoms. The van der Waals surface area contributed by atoms with E-state index in [4.69, 9.17) is 9.47 Å². The predicted octanol–water partition coefficient (Wildman–Crippen LogP) is 6.05. The van der Waals surface area contributed by atoms with Gasteiger partial charge in [-0.05, 0) is 84.1 Å². The number of methoxy groups -OCH3 is 2. The number of amides is 1. The Balaban J connectivity index is 2.01. The highest BCUT2D eigenvalue weighted by Gasteiger charge is 2.37. The molecule has 1 heterocycles. The van der Waals surface area contributed by atoms with Crippen LogP contribution in [0.4, 0.5) is 5.69 Å². The van der Waals surface area contributed by atoms with Crippen LogP contribution in [-0.2, 0) is 14.3 Å². The lowest BCUT2D eigenvalue weighted by Crippen LogP contribution is -2.47. The highest BCUT2D eigenvalue weighted by atomic mass is 32.1. The van der Waals surface area contributed by atoms with E-state index in [1.807, 2.05) is 11.0 Å². The summed E-state index contributed by atoms with van der Waals surface area (Å²) in [4.78, 5) is 29.9. The number of nitrogens with zero attached hydrogens (tertiary/aromatic N) is 1. The first-order valence-corrected chi connectivity index (χ1v) is 13.1. The summed E-state index contributed by atoms with van der Waals surface area (Å²) in [5.41, 5.74) is 0.525. The third-order valence-electron chi connectivity index (χ3n) is 6.85. The average molecular weight is 474 g/mol. The number of anilines is 1. The van der Waals surface area contributed by atoms with E-state index in [1.165, 1.54) is 18.4 Å². The van der Waals surface area contributed by atoms with Crippen molar-refractivity contribution in [2.75, 3.05) is 19.1 Å². The number of ether oxygens (including phenoxy) is 2. The van der Waals surface area contributed by atoms with Crippen LogP contribution in [0, 0.1) is 29.1 Å². The van der Waals surface area contributed by atoms with Crippen molar-refractivity contribution in [3.8, 4) is 11.8 Å². The molecule has 0 unspecified atom stereocenters. The van der Waals surface area contributed by atoms with Crippen LogP contribution >= 0.6 is 11.3 Å². The molecular formula is C27H39NO4S. The molecule has 0 aliphatic heterocycles. The highest BCUT2D eigenvalue weighted by Crippen LogP contribution is 2.39. The largest absolute Gasteiger partial charge is 0.465 e. The zero-order valence-corrected chi connectivity index (χ0v) is 21.8. The Hall–Kier alpha value is -1.84. The van der Waals surface area contributed by atoms with Crippen LogP contribution < -0.4 is 4.90 Å². The van der Waals surface area contributed by atoms with E-state index in [-0.39, 0.29) is 29.4 Å². The monoisotopic (exact) mass is 473 g/mol. The molecule has 0 radical (unpaired) electrons. The molecule has 0 spiro atoms. The predicted molar refractivity (Wildman–Crippen MR) is 134 cm³/mol. The molecule has 2 aliphatic carbocycles. The van der Waals surface area contributed by atoms with Gasteiger partial charge in [0.2, 0.25) is 5.91 Å². The molecule has 1 aromatic heterocycles. The summed E-state index contributed by atoms with van der Waals surface area (Å²) in [7, 11) is 3.15. The fourth-order valence-corrected chi connectivity index (χ4v) is 5.77. The fourth-order valence-electron chi connectivity index (χ4n) is 4.85. The Morgan fingerprint density at radius 2 is 1.67 bits per heavy atom. The lowest BCUT2D eigenvalue weighted by atomic mass is 9.81. The summed E-state index contributed by atoms with van der Waals surface area (Å²) in [5.74, 6) is 6.91. The van der Waals surface area contributed by atoms with E-state index < -0.39 is 5.97 Å². The molecule has 0 aromatic carbocycles. The van der Waals surface area contributed by atoms with Gasteiger partial charge in [-0.15, -0.1) is 11.3 Å². The van der Waals surface area contributed by atoms with E-state index in [1.54, 1.807) is 7.11 Å². The van der Waals surface area contributed by atoms with Gasteiger partial charge in [0.1, 0.15) is 4.88 Å². The lowest BCUT2D eigenvalue weighted by molar-refractivity contribution is -0.124. The number of esters is 1. The quantitative estimate of drug-likeness (QED) is 0.386. The van der Waals surface area contributed by atoms with Gasteiger partial charge in [-0.25, -0.2) is 4.79 Å². The number of hydrogen-bond acceptors (Lipinski definition) is 5. The van der Waals surface area contributed by atoms with Gasteiger partial charge in [-0.2, -0.15) is 0 Å². The third-order valence-corrected chi connectivity index (χ3v) is 7.87. The number of carbonyl (C=O) groups is 2. The first-order valence-electron chi connectivity index (χ1n) is 12.2. The van der Waals surface area contributed by atoms with Crippen LogP contribution in [0.1, 0.15) is 93.6 Å². The van der Waals surface area contributed by atoms with Crippen LogP contribution in [-0.4, -0.2) is 38.2 Å². The van der Waals surface area contributed by atoms with Gasteiger partial charge in [-0.3, -0.25) is 4.79 Å². The second kappa shape index (κ2) is 11.1. The molecule has 5 nitrogen and oxygen atoms in total. The Labute approximate surface area is 203 Å². The molecule has 0 atom stereocenters. The average Bonchev–Trinajstić information content (AvgIpc) is 3.21. The second-order valence-electron chi connectivity index (χ2n) is 10.6. The molecular weight excluding hydrogens is 434 g/mol. The van der Waals surface area contributed by atoms with Crippen LogP contribution in [0.3, 0.4) is 0 Å². The Morgan fingerprint density at radius 1 is 1.03 bits per heavy atom. The molecule has 2 saturated carbocycles. The van der Waals surface area contributed by atoms with E-state index in [2.05, 4.69) is 39.5 Å². The van der Waals surface area contributed by atoms with Crippen molar-refractivity contribution in [3.05, 3.63) is 15.8 Å². The van der Waals surface area contributed by atoms with Gasteiger partial charge >= 0.3 is 5.97 Å². The third kappa shape index (κ3) is 6.61. The molecule has 0 saturated heterocycles. The molecule has 2 aliphatic rings. The maximum absolute atomic E-state index is 14.0. The van der Waals surface area contributed by atoms with E-state index in [9.17, 15) is 9.59 Å². The number of hydrogen-bond donors (Lipinski definition) is 0. The van der Waals surface area contributed by atoms with Gasteiger partial charge in [-0.1, -0.05) is 18.8 Å². The van der Waals surface area contributed by atoms with Gasteiger partial charge in [0, 0.05) is 24.5 Å². The van der Waals surface area contributed by atoms with E-state index in [0.717, 1.165) is 56.2 Å². The molecule has 0 N–H and O–H groups in total. The van der Waals surface area contributed by atoms with Gasteiger partial charge in [0.05, 0.1) is 23.8 Å². The molecule has 1 amide bonds. The Kier molecular flexibility index (Phi) is 8.64. The first kappa shape index (κ1) is 25.8. The Bertz CT molecular complexity index is 887. The van der Waals surface area contributed by atoms with E-state index in [0.29, 0.717) is 16.5 Å². The van der Waals surface area contributed by atoms with Crippen molar-refractivity contribution in [1.29, 1.82) is 0 Å². The van der Waals surface area contributed by atoms with Gasteiger partial charge < -0.3 is 14.4 Å². The summed E-state index contributed by atoms with van der Waals surface area (Å²) >= 11 is 1.33. The zero-order chi connectivity index (χ0) is 24.2. The minimum Gasteiger partial charge on any atom is -0.465 e. The fraction of sp³-hybridized carbons (Fsp3) is 0.704. The van der Waals surface area contributed by atoms with Gasteiger partial charge in [0.25, 0.3) is 0 Å². The standard InChI is InChI=1S/C27H39NO4S/c1-18-7-9-19(10-8-18)25(29)28(20-11-13-21(31-5)14-12-20)23-17-22(15-16-27(2,3)4)33-24(23)26(30)32-6/h17-21H,7-14H2,1-6H3. The summed E-state index contributed by atoms with van der Waals surface area (Å²) in [6, 6.07) is 1.99. The maximum Gasteiger partial charge on any atom is 0.350 e. The SMILES string of the molecule is COC(=O)c1sc(C#CC(C)(C)C)cc1N(C(=O)C1CCC(C)CC1)C1CCC(OC)CC1. The van der Waals surface area contributed by atoms with Crippen LogP contribution in [0.5, 0.6) is 0 Å². The van der Waals surface area contributed by atoms with Crippen molar-refractivity contribution >= 4 is 28.9 Å². The van der Waals surface area contributed by atoms with Crippen molar-refractivity contribution in [2.45, 2.75) is 91.2 Å². The molecule has 3 rings (SSSR count). The van der Waals surface area contributed by atoms with Crippen molar-refractivity contribution in [3.63, 3.8) is 0 Å². The van der Waals surface area contributed by atoms with E-state index >= 15 is 0 Å². The normalized spacial score (nSPS) is 25.6. The minimum absolute atomic E-state index is 0.0101. The molecule has 2 fully saturated rings. The van der Waals surface area contributed by atoms with Crippen molar-refractivity contribution < 1.29 is 19.1 Å².